The number of nitrogens with one attached hydrogen (secondary N) is 1. The van der Waals surface area contributed by atoms with Crippen LogP contribution in [0.25, 0.3) is 0 Å². The Morgan fingerprint density at radius 1 is 1.24 bits per heavy atom. The number of hydrogen-bond acceptors (Lipinski definition) is 5. The van der Waals surface area contributed by atoms with Crippen LogP contribution in [0.3, 0.4) is 0 Å². The Morgan fingerprint density at radius 2 is 1.95 bits per heavy atom. The van der Waals surface area contributed by atoms with Crippen LogP contribution in [0.5, 0.6) is 0 Å². The summed E-state index contributed by atoms with van der Waals surface area (Å²) in [5.41, 5.74) is 2.23. The van der Waals surface area contributed by atoms with Gasteiger partial charge in [0, 0.05) is 24.4 Å². The zero-order valence-electron chi connectivity index (χ0n) is 11.8. The molecule has 0 radical (unpaired) electrons. The summed E-state index contributed by atoms with van der Waals surface area (Å²) in [6, 6.07) is 0.645. The molecule has 21 heavy (non-hydrogen) atoms. The van der Waals surface area contributed by atoms with E-state index in [4.69, 9.17) is 19.8 Å². The third-order valence-corrected chi connectivity index (χ3v) is 3.96. The zero-order chi connectivity index (χ0) is 15.4. The molecule has 1 aromatic heterocycles. The van der Waals surface area contributed by atoms with Crippen LogP contribution in [-0.2, 0) is 9.59 Å². The molecule has 7 nitrogen and oxygen atoms in total. The molecular formula is C14H19N3O4. The van der Waals surface area contributed by atoms with Crippen molar-refractivity contribution in [1.29, 1.82) is 0 Å². The number of carboxylic acids is 2. The van der Waals surface area contributed by atoms with Gasteiger partial charge in [0.05, 0.1) is 11.4 Å². The molecule has 1 saturated carbocycles. The first-order valence-electron chi connectivity index (χ1n) is 6.95. The van der Waals surface area contributed by atoms with Gasteiger partial charge in [0.1, 0.15) is 0 Å². The lowest BCUT2D eigenvalue weighted by Gasteiger charge is -2.42. The van der Waals surface area contributed by atoms with Crippen LogP contribution >= 0.6 is 0 Å². The first-order valence-corrected chi connectivity index (χ1v) is 6.95. The lowest BCUT2D eigenvalue weighted by Crippen LogP contribution is -2.49. The normalized spacial score (nSPS) is 26.6. The van der Waals surface area contributed by atoms with E-state index in [1.54, 1.807) is 0 Å². The number of fused-ring (bicyclic) bond motifs is 3. The Bertz CT molecular complexity index is 515. The third kappa shape index (κ3) is 3.98. The molecule has 7 heteroatoms. The van der Waals surface area contributed by atoms with Crippen molar-refractivity contribution in [2.24, 2.45) is 5.92 Å². The number of carbonyl (C=O) groups is 2. The van der Waals surface area contributed by atoms with Crippen LogP contribution in [-0.4, -0.2) is 44.7 Å². The number of rotatable bonds is 1. The summed E-state index contributed by atoms with van der Waals surface area (Å²) < 4.78 is 0. The molecule has 3 aliphatic rings. The maximum absolute atomic E-state index is 9.10. The van der Waals surface area contributed by atoms with Crippen molar-refractivity contribution in [3.8, 4) is 0 Å². The Morgan fingerprint density at radius 3 is 2.38 bits per heavy atom. The molecule has 1 aromatic rings. The summed E-state index contributed by atoms with van der Waals surface area (Å²) in [6.45, 7) is 3.23. The van der Waals surface area contributed by atoms with E-state index in [-0.39, 0.29) is 0 Å². The van der Waals surface area contributed by atoms with Gasteiger partial charge in [-0.1, -0.05) is 0 Å². The van der Waals surface area contributed by atoms with Crippen molar-refractivity contribution in [2.75, 3.05) is 6.54 Å². The predicted octanol–water partition coefficient (Wildman–Crippen LogP) is 0.796. The largest absolute Gasteiger partial charge is 0.473 e. The summed E-state index contributed by atoms with van der Waals surface area (Å²) in [6.07, 6.45) is 7.78. The number of aliphatic carboxylic acids is 2. The molecule has 0 aromatic carbocycles. The standard InChI is InChI=1S/C12H17N3.C2H2O4/c1-8-5-13-7-12(15-8)10-4-9-2-3-11(10)14-6-9;3-1(4)2(5)6/h5,7,9-11,14H,2-4,6H2,1H3;(H,3,4)(H,5,6). The minimum atomic E-state index is -1.82. The second kappa shape index (κ2) is 6.62. The van der Waals surface area contributed by atoms with E-state index in [0.29, 0.717) is 12.0 Å². The van der Waals surface area contributed by atoms with Crippen LogP contribution in [0.4, 0.5) is 0 Å². The smallest absolute Gasteiger partial charge is 0.414 e. The van der Waals surface area contributed by atoms with E-state index in [9.17, 15) is 0 Å². The van der Waals surface area contributed by atoms with Crippen molar-refractivity contribution >= 4 is 11.9 Å². The van der Waals surface area contributed by atoms with Gasteiger partial charge in [-0.05, 0) is 38.6 Å². The fourth-order valence-electron chi connectivity index (χ4n) is 2.99. The second-order valence-corrected chi connectivity index (χ2v) is 5.50. The Kier molecular flexibility index (Phi) is 4.85. The van der Waals surface area contributed by atoms with E-state index in [1.165, 1.54) is 31.5 Å². The lowest BCUT2D eigenvalue weighted by atomic mass is 9.73. The van der Waals surface area contributed by atoms with Crippen molar-refractivity contribution in [2.45, 2.75) is 38.1 Å². The number of aryl methyl sites for hydroxylation is 1. The van der Waals surface area contributed by atoms with Crippen LogP contribution in [0, 0.1) is 12.8 Å². The van der Waals surface area contributed by atoms with Crippen LogP contribution in [0.1, 0.15) is 36.6 Å². The molecule has 0 amide bonds. The molecule has 3 unspecified atom stereocenters. The summed E-state index contributed by atoms with van der Waals surface area (Å²) in [5, 5.41) is 18.4. The summed E-state index contributed by atoms with van der Waals surface area (Å²) in [5.74, 6) is -2.18. The van der Waals surface area contributed by atoms with E-state index in [0.717, 1.165) is 11.6 Å². The topological polar surface area (TPSA) is 112 Å². The fraction of sp³-hybridized carbons (Fsp3) is 0.571. The van der Waals surface area contributed by atoms with Crippen LogP contribution in [0.15, 0.2) is 12.4 Å². The number of piperidine rings is 2. The lowest BCUT2D eigenvalue weighted by molar-refractivity contribution is -0.159. The van der Waals surface area contributed by atoms with E-state index in [2.05, 4.69) is 15.3 Å². The van der Waals surface area contributed by atoms with Gasteiger partial charge in [0.2, 0.25) is 0 Å². The quantitative estimate of drug-likeness (QED) is 0.656. The number of nitrogens with zero attached hydrogens (tertiary/aromatic N) is 2. The van der Waals surface area contributed by atoms with Gasteiger partial charge in [-0.3, -0.25) is 9.97 Å². The molecule has 1 aliphatic carbocycles. The molecule has 3 fully saturated rings. The second-order valence-electron chi connectivity index (χ2n) is 5.50. The zero-order valence-corrected chi connectivity index (χ0v) is 11.8. The SMILES string of the molecule is Cc1cncc(C2CC3CCC2NC3)n1.O=C(O)C(=O)O. The van der Waals surface area contributed by atoms with Crippen molar-refractivity contribution < 1.29 is 19.8 Å². The number of hydrogen-bond donors (Lipinski definition) is 3. The summed E-state index contributed by atoms with van der Waals surface area (Å²) in [7, 11) is 0. The van der Waals surface area contributed by atoms with E-state index < -0.39 is 11.9 Å². The number of aromatic nitrogens is 2. The van der Waals surface area contributed by atoms with Gasteiger partial charge in [0.15, 0.2) is 0 Å². The highest BCUT2D eigenvalue weighted by Crippen LogP contribution is 2.38. The molecule has 4 rings (SSSR count). The minimum Gasteiger partial charge on any atom is -0.473 e. The van der Waals surface area contributed by atoms with Crippen molar-refractivity contribution in [1.82, 2.24) is 15.3 Å². The van der Waals surface area contributed by atoms with Gasteiger partial charge < -0.3 is 15.5 Å². The van der Waals surface area contributed by atoms with Crippen molar-refractivity contribution in [3.05, 3.63) is 23.8 Å². The molecule has 3 heterocycles. The monoisotopic (exact) mass is 293 g/mol. The number of carboxylic acid groups (broad SMARTS) is 2. The van der Waals surface area contributed by atoms with Gasteiger partial charge in [0.25, 0.3) is 0 Å². The molecule has 2 aliphatic heterocycles. The average molecular weight is 293 g/mol. The van der Waals surface area contributed by atoms with Crippen molar-refractivity contribution in [3.63, 3.8) is 0 Å². The average Bonchev–Trinajstić information content (AvgIpc) is 2.49. The molecule has 0 spiro atoms. The Balaban J connectivity index is 0.000000232. The highest BCUT2D eigenvalue weighted by atomic mass is 16.4. The van der Waals surface area contributed by atoms with Gasteiger partial charge >= 0.3 is 11.9 Å². The van der Waals surface area contributed by atoms with E-state index in [1.807, 2.05) is 19.3 Å². The Labute approximate surface area is 122 Å². The van der Waals surface area contributed by atoms with Gasteiger partial charge in [-0.15, -0.1) is 0 Å². The van der Waals surface area contributed by atoms with Gasteiger partial charge in [-0.2, -0.15) is 0 Å². The maximum atomic E-state index is 9.10. The third-order valence-electron chi connectivity index (χ3n) is 3.96. The maximum Gasteiger partial charge on any atom is 0.414 e. The summed E-state index contributed by atoms with van der Waals surface area (Å²) >= 11 is 0. The van der Waals surface area contributed by atoms with Crippen LogP contribution in [0.2, 0.25) is 0 Å². The predicted molar refractivity (Wildman–Crippen MR) is 73.9 cm³/mol. The first kappa shape index (κ1) is 15.4. The fourth-order valence-corrected chi connectivity index (χ4v) is 2.99. The Hall–Kier alpha value is -2.02. The summed E-state index contributed by atoms with van der Waals surface area (Å²) in [4.78, 5) is 27.1. The molecule has 3 atom stereocenters. The minimum absolute atomic E-state index is 0.602. The van der Waals surface area contributed by atoms with E-state index >= 15 is 0 Å². The highest BCUT2D eigenvalue weighted by molar-refractivity contribution is 6.27. The molecule has 2 bridgehead atoms. The highest BCUT2D eigenvalue weighted by Gasteiger charge is 2.36. The first-order chi connectivity index (χ1) is 9.97. The van der Waals surface area contributed by atoms with Gasteiger partial charge in [-0.25, -0.2) is 9.59 Å². The molecule has 2 saturated heterocycles. The molecule has 3 N–H and O–H groups in total. The molecule has 114 valence electrons. The van der Waals surface area contributed by atoms with Crippen LogP contribution < -0.4 is 5.32 Å². The molecular weight excluding hydrogens is 274 g/mol.